The Morgan fingerprint density at radius 3 is 2.59 bits per heavy atom. The predicted molar refractivity (Wildman–Crippen MR) is 100 cm³/mol. The standard InChI is InChI=1S/C20H24N2O5/c1-20(2)16(17(20)19(25)26)18(24)22(8-9-27-3)11-12-10-15(23)21-14-7-5-4-6-13(12)14/h4-7,10,16-17H,8-9,11H2,1-3H3,(H,21,23)(H,25,26)/t16-,17-/m1/s1. The monoisotopic (exact) mass is 372 g/mol. The molecule has 1 aromatic carbocycles. The van der Waals surface area contributed by atoms with Gasteiger partial charge in [-0.3, -0.25) is 14.4 Å². The van der Waals surface area contributed by atoms with Crippen LogP contribution in [0, 0.1) is 17.3 Å². The first-order valence-corrected chi connectivity index (χ1v) is 8.89. The molecular formula is C20H24N2O5. The number of hydrogen-bond acceptors (Lipinski definition) is 4. The second-order valence-corrected chi connectivity index (χ2v) is 7.57. The highest BCUT2D eigenvalue weighted by molar-refractivity contribution is 5.92. The molecule has 0 saturated heterocycles. The zero-order valence-corrected chi connectivity index (χ0v) is 15.7. The normalized spacial score (nSPS) is 20.4. The van der Waals surface area contributed by atoms with E-state index in [1.165, 1.54) is 6.07 Å². The van der Waals surface area contributed by atoms with E-state index in [4.69, 9.17) is 4.74 Å². The number of amides is 1. The smallest absolute Gasteiger partial charge is 0.307 e. The van der Waals surface area contributed by atoms with Crippen LogP contribution >= 0.6 is 0 Å². The van der Waals surface area contributed by atoms with Crippen molar-refractivity contribution < 1.29 is 19.4 Å². The van der Waals surface area contributed by atoms with Crippen LogP contribution in [-0.2, 0) is 20.9 Å². The van der Waals surface area contributed by atoms with Crippen molar-refractivity contribution in [3.63, 3.8) is 0 Å². The number of ether oxygens (including phenoxy) is 1. The lowest BCUT2D eigenvalue weighted by Crippen LogP contribution is -2.36. The maximum Gasteiger partial charge on any atom is 0.307 e. The summed E-state index contributed by atoms with van der Waals surface area (Å²) in [6.45, 7) is 4.48. The van der Waals surface area contributed by atoms with E-state index in [1.54, 1.807) is 25.9 Å². The van der Waals surface area contributed by atoms with Crippen molar-refractivity contribution in [2.24, 2.45) is 17.3 Å². The number of carboxylic acid groups (broad SMARTS) is 1. The highest BCUT2D eigenvalue weighted by atomic mass is 16.5. The molecular weight excluding hydrogens is 348 g/mol. The molecule has 1 fully saturated rings. The highest BCUT2D eigenvalue weighted by Gasteiger charge is 2.66. The number of aromatic amines is 1. The lowest BCUT2D eigenvalue weighted by molar-refractivity contribution is -0.142. The molecule has 0 spiro atoms. The summed E-state index contributed by atoms with van der Waals surface area (Å²) in [5.74, 6) is -2.42. The number of nitrogens with one attached hydrogen (secondary N) is 1. The summed E-state index contributed by atoms with van der Waals surface area (Å²) >= 11 is 0. The number of aliphatic carboxylic acids is 1. The predicted octanol–water partition coefficient (Wildman–Crippen LogP) is 1.86. The van der Waals surface area contributed by atoms with Gasteiger partial charge in [-0.15, -0.1) is 0 Å². The first-order chi connectivity index (χ1) is 12.8. The van der Waals surface area contributed by atoms with E-state index in [1.807, 2.05) is 24.3 Å². The summed E-state index contributed by atoms with van der Waals surface area (Å²) in [4.78, 5) is 40.9. The Kier molecular flexibility index (Phi) is 5.06. The molecule has 2 N–H and O–H groups in total. The number of benzene rings is 1. The number of carbonyl (C=O) groups excluding carboxylic acids is 1. The minimum absolute atomic E-state index is 0.214. The van der Waals surface area contributed by atoms with Gasteiger partial charge in [-0.2, -0.15) is 0 Å². The molecule has 2 aromatic rings. The molecule has 1 aliphatic rings. The van der Waals surface area contributed by atoms with Crippen molar-refractivity contribution in [2.45, 2.75) is 20.4 Å². The Bertz CT molecular complexity index is 933. The molecule has 0 unspecified atom stereocenters. The van der Waals surface area contributed by atoms with Crippen molar-refractivity contribution in [1.29, 1.82) is 0 Å². The number of carboxylic acids is 1. The Morgan fingerprint density at radius 2 is 1.96 bits per heavy atom. The van der Waals surface area contributed by atoms with Crippen LogP contribution in [0.3, 0.4) is 0 Å². The van der Waals surface area contributed by atoms with Gasteiger partial charge in [0.1, 0.15) is 0 Å². The fraction of sp³-hybridized carbons (Fsp3) is 0.450. The summed E-state index contributed by atoms with van der Waals surface area (Å²) in [6.07, 6.45) is 0. The number of H-pyrrole nitrogens is 1. The number of fused-ring (bicyclic) bond motifs is 1. The molecule has 1 amide bonds. The zero-order valence-electron chi connectivity index (χ0n) is 15.7. The third-order valence-corrected chi connectivity index (χ3v) is 5.43. The number of aromatic nitrogens is 1. The molecule has 144 valence electrons. The lowest BCUT2D eigenvalue weighted by Gasteiger charge is -2.24. The van der Waals surface area contributed by atoms with Crippen LogP contribution in [0.1, 0.15) is 19.4 Å². The van der Waals surface area contributed by atoms with Crippen LogP contribution in [0.5, 0.6) is 0 Å². The number of methoxy groups -OCH3 is 1. The molecule has 3 rings (SSSR count). The number of carbonyl (C=O) groups is 2. The highest BCUT2D eigenvalue weighted by Crippen LogP contribution is 2.59. The van der Waals surface area contributed by atoms with E-state index in [-0.39, 0.29) is 18.0 Å². The first-order valence-electron chi connectivity index (χ1n) is 8.89. The van der Waals surface area contributed by atoms with Gasteiger partial charge in [0.2, 0.25) is 11.5 Å². The Morgan fingerprint density at radius 1 is 1.26 bits per heavy atom. The zero-order chi connectivity index (χ0) is 19.8. The number of hydrogen-bond donors (Lipinski definition) is 2. The van der Waals surface area contributed by atoms with Crippen LogP contribution < -0.4 is 5.56 Å². The van der Waals surface area contributed by atoms with Crippen molar-refractivity contribution in [3.8, 4) is 0 Å². The summed E-state index contributed by atoms with van der Waals surface area (Å²) in [7, 11) is 1.55. The van der Waals surface area contributed by atoms with E-state index in [2.05, 4.69) is 4.98 Å². The minimum atomic E-state index is -0.952. The summed E-state index contributed by atoms with van der Waals surface area (Å²) in [5, 5.41) is 10.3. The largest absolute Gasteiger partial charge is 0.481 e. The molecule has 1 heterocycles. The molecule has 0 radical (unpaired) electrons. The maximum absolute atomic E-state index is 13.1. The quantitative estimate of drug-likeness (QED) is 0.773. The number of para-hydroxylation sites is 1. The van der Waals surface area contributed by atoms with Crippen molar-refractivity contribution in [3.05, 3.63) is 46.2 Å². The van der Waals surface area contributed by atoms with E-state index in [0.717, 1.165) is 10.9 Å². The molecule has 7 nitrogen and oxygen atoms in total. The topological polar surface area (TPSA) is 99.7 Å². The van der Waals surface area contributed by atoms with E-state index < -0.39 is 23.2 Å². The van der Waals surface area contributed by atoms with E-state index in [9.17, 15) is 19.5 Å². The van der Waals surface area contributed by atoms with Crippen molar-refractivity contribution in [2.75, 3.05) is 20.3 Å². The van der Waals surface area contributed by atoms with Gasteiger partial charge in [0, 0.05) is 37.2 Å². The van der Waals surface area contributed by atoms with Gasteiger partial charge in [-0.1, -0.05) is 32.0 Å². The van der Waals surface area contributed by atoms with Crippen molar-refractivity contribution >= 4 is 22.8 Å². The Labute approximate surface area is 156 Å². The lowest BCUT2D eigenvalue weighted by atomic mass is 10.1. The number of rotatable bonds is 7. The summed E-state index contributed by atoms with van der Waals surface area (Å²) < 4.78 is 5.12. The molecule has 0 aliphatic heterocycles. The molecule has 1 saturated carbocycles. The van der Waals surface area contributed by atoms with Gasteiger partial charge in [0.25, 0.3) is 0 Å². The maximum atomic E-state index is 13.1. The van der Waals surface area contributed by atoms with E-state index in [0.29, 0.717) is 18.7 Å². The van der Waals surface area contributed by atoms with Crippen LogP contribution in [0.15, 0.2) is 35.1 Å². The third kappa shape index (κ3) is 3.60. The fourth-order valence-corrected chi connectivity index (χ4v) is 3.84. The third-order valence-electron chi connectivity index (χ3n) is 5.43. The average molecular weight is 372 g/mol. The second-order valence-electron chi connectivity index (χ2n) is 7.57. The molecule has 0 bridgehead atoms. The SMILES string of the molecule is COCCN(Cc1cc(=O)[nH]c2ccccc12)C(=O)[C@H]1[C@H](C(=O)O)C1(C)C. The van der Waals surface area contributed by atoms with Crippen LogP contribution in [0.2, 0.25) is 0 Å². The summed E-state index contributed by atoms with van der Waals surface area (Å²) in [5.41, 5.74) is 0.612. The Hall–Kier alpha value is -2.67. The number of pyridine rings is 1. The van der Waals surface area contributed by atoms with Gasteiger partial charge in [0.05, 0.1) is 18.4 Å². The first kappa shape index (κ1) is 19.1. The minimum Gasteiger partial charge on any atom is -0.481 e. The molecule has 1 aliphatic carbocycles. The second kappa shape index (κ2) is 7.15. The van der Waals surface area contributed by atoms with Gasteiger partial charge < -0.3 is 19.7 Å². The fourth-order valence-electron chi connectivity index (χ4n) is 3.84. The number of nitrogens with zero attached hydrogens (tertiary/aromatic N) is 1. The van der Waals surface area contributed by atoms with Crippen LogP contribution in [-0.4, -0.2) is 47.1 Å². The van der Waals surface area contributed by atoms with Gasteiger partial charge >= 0.3 is 5.97 Å². The van der Waals surface area contributed by atoms with Crippen molar-refractivity contribution in [1.82, 2.24) is 9.88 Å². The van der Waals surface area contributed by atoms with Gasteiger partial charge in [0.15, 0.2) is 0 Å². The molecule has 7 heteroatoms. The summed E-state index contributed by atoms with van der Waals surface area (Å²) in [6, 6.07) is 8.89. The van der Waals surface area contributed by atoms with Gasteiger partial charge in [-0.05, 0) is 17.0 Å². The molecule has 1 aromatic heterocycles. The van der Waals surface area contributed by atoms with Crippen LogP contribution in [0.4, 0.5) is 0 Å². The Balaban J connectivity index is 1.92. The molecule has 27 heavy (non-hydrogen) atoms. The van der Waals surface area contributed by atoms with Gasteiger partial charge in [-0.25, -0.2) is 0 Å². The molecule has 2 atom stereocenters. The van der Waals surface area contributed by atoms with Crippen LogP contribution in [0.25, 0.3) is 10.9 Å². The van der Waals surface area contributed by atoms with E-state index >= 15 is 0 Å². The average Bonchev–Trinajstić information content (AvgIpc) is 3.20.